The van der Waals surface area contributed by atoms with Gasteiger partial charge in [-0.2, -0.15) is 5.26 Å². The molecule has 2 fully saturated rings. The summed E-state index contributed by atoms with van der Waals surface area (Å²) in [4.78, 5) is 2.56. The molecule has 4 heteroatoms. The van der Waals surface area contributed by atoms with E-state index in [1.54, 1.807) is 12.1 Å². The van der Waals surface area contributed by atoms with Gasteiger partial charge in [-0.15, -0.1) is 0 Å². The van der Waals surface area contributed by atoms with Gasteiger partial charge in [0.25, 0.3) is 0 Å². The van der Waals surface area contributed by atoms with Gasteiger partial charge in [0, 0.05) is 18.6 Å². The fourth-order valence-electron chi connectivity index (χ4n) is 3.16. The van der Waals surface area contributed by atoms with E-state index in [4.69, 9.17) is 16.9 Å². The normalized spacial score (nSPS) is 26.9. The van der Waals surface area contributed by atoms with Gasteiger partial charge in [-0.05, 0) is 44.0 Å². The summed E-state index contributed by atoms with van der Waals surface area (Å²) in [6, 6.07) is 8.67. The van der Waals surface area contributed by atoms with E-state index in [0.717, 1.165) is 12.1 Å². The van der Waals surface area contributed by atoms with Crippen LogP contribution in [0.25, 0.3) is 0 Å². The molecule has 1 N–H and O–H groups in total. The van der Waals surface area contributed by atoms with Crippen LogP contribution in [0.3, 0.4) is 0 Å². The quantitative estimate of drug-likeness (QED) is 0.890. The van der Waals surface area contributed by atoms with E-state index >= 15 is 0 Å². The van der Waals surface area contributed by atoms with Crippen LogP contribution < -0.4 is 5.32 Å². The van der Waals surface area contributed by atoms with Gasteiger partial charge in [0.15, 0.2) is 0 Å². The molecule has 3 nitrogen and oxygen atoms in total. The number of nitriles is 1. The summed E-state index contributed by atoms with van der Waals surface area (Å²) >= 11 is 6.19. The predicted octanol–water partition coefficient (Wildman–Crippen LogP) is 2.86. The second-order valence-electron chi connectivity index (χ2n) is 5.09. The third kappa shape index (κ3) is 2.07. The molecule has 2 saturated heterocycles. The summed E-state index contributed by atoms with van der Waals surface area (Å²) in [6.45, 7) is 2.41. The lowest BCUT2D eigenvalue weighted by molar-refractivity contribution is 0.318. The maximum atomic E-state index is 8.93. The lowest BCUT2D eigenvalue weighted by Gasteiger charge is -2.22. The van der Waals surface area contributed by atoms with Gasteiger partial charge < -0.3 is 5.32 Å². The molecule has 2 atom stereocenters. The van der Waals surface area contributed by atoms with Crippen LogP contribution in [-0.2, 0) is 0 Å². The van der Waals surface area contributed by atoms with Crippen LogP contribution in [-0.4, -0.2) is 30.1 Å². The van der Waals surface area contributed by atoms with Crippen molar-refractivity contribution in [3.05, 3.63) is 28.8 Å². The first-order valence-electron chi connectivity index (χ1n) is 6.48. The van der Waals surface area contributed by atoms with E-state index < -0.39 is 0 Å². The number of anilines is 1. The molecule has 18 heavy (non-hydrogen) atoms. The Labute approximate surface area is 112 Å². The Morgan fingerprint density at radius 3 is 3.06 bits per heavy atom. The highest BCUT2D eigenvalue weighted by molar-refractivity contribution is 6.33. The SMILES string of the molecule is N#Cc1ccc(Cl)c(NC2CCN3CCCC23)c1. The Hall–Kier alpha value is -1.24. The number of rotatable bonds is 2. The van der Waals surface area contributed by atoms with Crippen LogP contribution in [0, 0.1) is 11.3 Å². The van der Waals surface area contributed by atoms with Gasteiger partial charge in [-0.1, -0.05) is 11.6 Å². The minimum Gasteiger partial charge on any atom is -0.379 e. The molecule has 1 aromatic carbocycles. The smallest absolute Gasteiger partial charge is 0.0992 e. The van der Waals surface area contributed by atoms with E-state index in [1.807, 2.05) is 6.07 Å². The van der Waals surface area contributed by atoms with Gasteiger partial charge in [-0.3, -0.25) is 4.90 Å². The molecule has 1 aromatic rings. The fourth-order valence-corrected chi connectivity index (χ4v) is 3.33. The first-order chi connectivity index (χ1) is 8.78. The predicted molar refractivity (Wildman–Crippen MR) is 72.8 cm³/mol. The first kappa shape index (κ1) is 11.8. The van der Waals surface area contributed by atoms with Gasteiger partial charge in [0.05, 0.1) is 22.3 Å². The van der Waals surface area contributed by atoms with Crippen LogP contribution in [0.2, 0.25) is 5.02 Å². The zero-order valence-electron chi connectivity index (χ0n) is 10.2. The van der Waals surface area contributed by atoms with Crippen LogP contribution in [0.1, 0.15) is 24.8 Å². The number of nitrogens with zero attached hydrogens (tertiary/aromatic N) is 2. The second kappa shape index (κ2) is 4.79. The largest absolute Gasteiger partial charge is 0.379 e. The molecular formula is C14H16ClN3. The summed E-state index contributed by atoms with van der Waals surface area (Å²) in [5.74, 6) is 0. The zero-order chi connectivity index (χ0) is 12.5. The number of halogens is 1. The topological polar surface area (TPSA) is 39.1 Å². The Kier molecular flexibility index (Phi) is 3.15. The van der Waals surface area contributed by atoms with Crippen molar-refractivity contribution in [2.24, 2.45) is 0 Å². The number of hydrogen-bond donors (Lipinski definition) is 1. The number of benzene rings is 1. The number of fused-ring (bicyclic) bond motifs is 1. The van der Waals surface area contributed by atoms with Crippen molar-refractivity contribution in [2.75, 3.05) is 18.4 Å². The molecule has 2 unspecified atom stereocenters. The maximum absolute atomic E-state index is 8.93. The van der Waals surface area contributed by atoms with Crippen molar-refractivity contribution in [3.8, 4) is 6.07 Å². The lowest BCUT2D eigenvalue weighted by Crippen LogP contribution is -2.33. The van der Waals surface area contributed by atoms with Gasteiger partial charge in [0.2, 0.25) is 0 Å². The van der Waals surface area contributed by atoms with Crippen molar-refractivity contribution in [3.63, 3.8) is 0 Å². The van der Waals surface area contributed by atoms with Crippen LogP contribution >= 0.6 is 11.6 Å². The molecule has 0 aromatic heterocycles. The highest BCUT2D eigenvalue weighted by Gasteiger charge is 2.37. The van der Waals surface area contributed by atoms with Crippen molar-refractivity contribution < 1.29 is 0 Å². The average molecular weight is 262 g/mol. The van der Waals surface area contributed by atoms with Crippen molar-refractivity contribution >= 4 is 17.3 Å². The molecule has 0 spiro atoms. The molecule has 0 bridgehead atoms. The van der Waals surface area contributed by atoms with E-state index in [2.05, 4.69) is 16.3 Å². The van der Waals surface area contributed by atoms with Crippen molar-refractivity contribution in [1.29, 1.82) is 5.26 Å². The third-order valence-electron chi connectivity index (χ3n) is 4.04. The minimum atomic E-state index is 0.471. The highest BCUT2D eigenvalue weighted by Crippen LogP contribution is 2.32. The van der Waals surface area contributed by atoms with E-state index in [0.29, 0.717) is 22.7 Å². The number of hydrogen-bond acceptors (Lipinski definition) is 3. The lowest BCUT2D eigenvalue weighted by atomic mass is 10.1. The summed E-state index contributed by atoms with van der Waals surface area (Å²) in [5.41, 5.74) is 1.55. The number of nitrogens with one attached hydrogen (secondary N) is 1. The van der Waals surface area contributed by atoms with E-state index in [9.17, 15) is 0 Å². The standard InChI is InChI=1S/C14H16ClN3/c15-11-4-3-10(9-16)8-13(11)17-12-5-7-18-6-1-2-14(12)18/h3-4,8,12,14,17H,1-2,5-7H2. The van der Waals surface area contributed by atoms with Crippen LogP contribution in [0.4, 0.5) is 5.69 Å². The van der Waals surface area contributed by atoms with Gasteiger partial charge in [-0.25, -0.2) is 0 Å². The first-order valence-corrected chi connectivity index (χ1v) is 6.86. The van der Waals surface area contributed by atoms with E-state index in [1.165, 1.54) is 25.9 Å². The maximum Gasteiger partial charge on any atom is 0.0992 e. The molecule has 94 valence electrons. The Morgan fingerprint density at radius 2 is 2.22 bits per heavy atom. The summed E-state index contributed by atoms with van der Waals surface area (Å²) in [7, 11) is 0. The zero-order valence-corrected chi connectivity index (χ0v) is 11.0. The highest BCUT2D eigenvalue weighted by atomic mass is 35.5. The average Bonchev–Trinajstić information content (AvgIpc) is 2.96. The van der Waals surface area contributed by atoms with Crippen LogP contribution in [0.15, 0.2) is 18.2 Å². The molecule has 2 aliphatic rings. The summed E-state index contributed by atoms with van der Waals surface area (Å²) in [6.07, 6.45) is 3.74. The monoisotopic (exact) mass is 261 g/mol. The van der Waals surface area contributed by atoms with E-state index in [-0.39, 0.29) is 0 Å². The Balaban J connectivity index is 1.78. The minimum absolute atomic E-state index is 0.471. The molecule has 2 heterocycles. The summed E-state index contributed by atoms with van der Waals surface area (Å²) in [5, 5.41) is 13.2. The summed E-state index contributed by atoms with van der Waals surface area (Å²) < 4.78 is 0. The molecule has 2 aliphatic heterocycles. The Morgan fingerprint density at radius 1 is 1.33 bits per heavy atom. The fraction of sp³-hybridized carbons (Fsp3) is 0.500. The molecule has 3 rings (SSSR count). The van der Waals surface area contributed by atoms with Crippen LogP contribution in [0.5, 0.6) is 0 Å². The second-order valence-corrected chi connectivity index (χ2v) is 5.50. The van der Waals surface area contributed by atoms with Gasteiger partial charge in [0.1, 0.15) is 0 Å². The van der Waals surface area contributed by atoms with Crippen molar-refractivity contribution in [2.45, 2.75) is 31.3 Å². The third-order valence-corrected chi connectivity index (χ3v) is 4.37. The molecular weight excluding hydrogens is 246 g/mol. The molecule has 0 saturated carbocycles. The molecule has 0 radical (unpaired) electrons. The van der Waals surface area contributed by atoms with Gasteiger partial charge >= 0.3 is 0 Å². The Bertz CT molecular complexity index is 494. The molecule has 0 amide bonds. The molecule has 0 aliphatic carbocycles. The van der Waals surface area contributed by atoms with Crippen molar-refractivity contribution in [1.82, 2.24) is 4.90 Å².